The number of halogens is 1. The van der Waals surface area contributed by atoms with Crippen LogP contribution in [0.3, 0.4) is 0 Å². The van der Waals surface area contributed by atoms with E-state index in [0.717, 1.165) is 29.6 Å². The van der Waals surface area contributed by atoms with Crippen LogP contribution in [0.2, 0.25) is 5.02 Å². The van der Waals surface area contributed by atoms with E-state index in [1.807, 2.05) is 11.0 Å². The molecule has 0 unspecified atom stereocenters. The molecule has 1 aliphatic heterocycles. The molecule has 1 saturated heterocycles. The van der Waals surface area contributed by atoms with Gasteiger partial charge in [-0.2, -0.15) is 24.8 Å². The van der Waals surface area contributed by atoms with Gasteiger partial charge in [-0.05, 0) is 31.0 Å². The third-order valence-electron chi connectivity index (χ3n) is 5.98. The molecule has 0 spiro atoms. The Balaban J connectivity index is 1.51. The molecular formula is C21H23ClN8O2. The Bertz CT molecular complexity index is 1250. The maximum atomic E-state index is 11.7. The smallest absolute Gasteiger partial charge is 0.232 e. The van der Waals surface area contributed by atoms with Crippen molar-refractivity contribution in [3.8, 4) is 11.8 Å². The molecule has 0 radical (unpaired) electrons. The van der Waals surface area contributed by atoms with Crippen molar-refractivity contribution in [3.05, 3.63) is 46.9 Å². The van der Waals surface area contributed by atoms with E-state index in [4.69, 9.17) is 16.7 Å². The van der Waals surface area contributed by atoms with Crippen LogP contribution >= 0.6 is 11.6 Å². The van der Waals surface area contributed by atoms with E-state index in [9.17, 15) is 9.90 Å². The number of rotatable bonds is 5. The number of nitrogens with zero attached hydrogens (tertiary/aromatic N) is 7. The number of carbonyl (C=O) groups excluding carboxylic acids is 1. The number of fused-ring (bicyclic) bond motifs is 1. The number of aryl methyl sites for hydroxylation is 1. The molecule has 0 bridgehead atoms. The maximum absolute atomic E-state index is 11.7. The molecule has 0 atom stereocenters. The first-order valence-electron chi connectivity index (χ1n) is 10.6. The Labute approximate surface area is 188 Å². The number of hydrogen-bond donors (Lipinski definition) is 2. The third kappa shape index (κ3) is 3.81. The van der Waals surface area contributed by atoms with Crippen LogP contribution in [0.1, 0.15) is 36.9 Å². The first kappa shape index (κ1) is 20.5. The SMILES string of the molecule is CC(=O)N1CCC(c2nn(-c3nc4cc(Cl)ccc4[nH]3)c(O)c2CCn2nccn2)CC1. The number of nitrogens with one attached hydrogen (secondary N) is 1. The molecule has 3 aromatic heterocycles. The number of benzene rings is 1. The molecule has 5 rings (SSSR count). The quantitative estimate of drug-likeness (QED) is 0.478. The first-order chi connectivity index (χ1) is 15.5. The Morgan fingerprint density at radius 2 is 2.00 bits per heavy atom. The molecule has 4 heterocycles. The molecular weight excluding hydrogens is 432 g/mol. The van der Waals surface area contributed by atoms with Crippen molar-refractivity contribution >= 4 is 28.5 Å². The number of carbonyl (C=O) groups is 1. The lowest BCUT2D eigenvalue weighted by Gasteiger charge is -2.30. The summed E-state index contributed by atoms with van der Waals surface area (Å²) in [6.45, 7) is 3.46. The Hall–Kier alpha value is -3.40. The molecule has 10 nitrogen and oxygen atoms in total. The summed E-state index contributed by atoms with van der Waals surface area (Å²) in [5.41, 5.74) is 3.08. The molecule has 32 heavy (non-hydrogen) atoms. The molecule has 2 N–H and O–H groups in total. The lowest BCUT2D eigenvalue weighted by molar-refractivity contribution is -0.129. The van der Waals surface area contributed by atoms with E-state index in [2.05, 4.69) is 20.2 Å². The van der Waals surface area contributed by atoms with Gasteiger partial charge in [-0.1, -0.05) is 11.6 Å². The molecule has 11 heteroatoms. The number of amides is 1. The van der Waals surface area contributed by atoms with Gasteiger partial charge in [-0.25, -0.2) is 4.98 Å². The second-order valence-electron chi connectivity index (χ2n) is 7.98. The van der Waals surface area contributed by atoms with E-state index in [0.29, 0.717) is 42.5 Å². The van der Waals surface area contributed by atoms with Crippen LogP contribution < -0.4 is 0 Å². The molecule has 4 aromatic rings. The number of piperidine rings is 1. The second-order valence-corrected chi connectivity index (χ2v) is 8.41. The van der Waals surface area contributed by atoms with Crippen molar-refractivity contribution in [2.24, 2.45) is 0 Å². The van der Waals surface area contributed by atoms with Gasteiger partial charge in [0, 0.05) is 42.9 Å². The zero-order valence-corrected chi connectivity index (χ0v) is 18.3. The predicted molar refractivity (Wildman–Crippen MR) is 118 cm³/mol. The zero-order chi connectivity index (χ0) is 22.2. The van der Waals surface area contributed by atoms with Crippen LogP contribution in [0, 0.1) is 0 Å². The summed E-state index contributed by atoms with van der Waals surface area (Å²) in [6.07, 6.45) is 5.36. The van der Waals surface area contributed by atoms with Crippen LogP contribution in [0.4, 0.5) is 0 Å². The maximum Gasteiger partial charge on any atom is 0.232 e. The standard InChI is InChI=1S/C21H23ClN8O2/c1-13(31)28-9-4-14(5-10-28)19-16(6-11-29-23-7-8-24-29)20(32)30(27-19)21-25-17-3-2-15(22)12-18(17)26-21/h2-3,7-8,12,14,32H,4-6,9-11H2,1H3,(H,25,26). The van der Waals surface area contributed by atoms with E-state index in [1.54, 1.807) is 36.2 Å². The average Bonchev–Trinajstić information content (AvgIpc) is 3.51. The van der Waals surface area contributed by atoms with Crippen molar-refractivity contribution in [3.63, 3.8) is 0 Å². The van der Waals surface area contributed by atoms with Crippen LogP contribution in [-0.4, -0.2) is 63.7 Å². The average molecular weight is 455 g/mol. The largest absolute Gasteiger partial charge is 0.493 e. The van der Waals surface area contributed by atoms with Gasteiger partial charge in [-0.15, -0.1) is 0 Å². The number of likely N-dealkylation sites (tertiary alicyclic amines) is 1. The van der Waals surface area contributed by atoms with Gasteiger partial charge in [-0.3, -0.25) is 4.79 Å². The molecule has 1 aliphatic rings. The fourth-order valence-corrected chi connectivity index (χ4v) is 4.44. The van der Waals surface area contributed by atoms with Crippen LogP contribution in [-0.2, 0) is 17.8 Å². The number of imidazole rings is 1. The Morgan fingerprint density at radius 3 is 2.72 bits per heavy atom. The van der Waals surface area contributed by atoms with Gasteiger partial charge < -0.3 is 15.0 Å². The third-order valence-corrected chi connectivity index (χ3v) is 6.21. The second kappa shape index (κ2) is 8.27. The molecule has 166 valence electrons. The lowest BCUT2D eigenvalue weighted by atomic mass is 9.90. The topological polar surface area (TPSA) is 118 Å². The predicted octanol–water partition coefficient (Wildman–Crippen LogP) is 2.67. The highest BCUT2D eigenvalue weighted by atomic mass is 35.5. The summed E-state index contributed by atoms with van der Waals surface area (Å²) in [4.78, 5) is 22.9. The van der Waals surface area contributed by atoms with Gasteiger partial charge in [0.2, 0.25) is 17.7 Å². The Kier molecular flexibility index (Phi) is 5.30. The van der Waals surface area contributed by atoms with Crippen molar-refractivity contribution in [2.45, 2.75) is 38.6 Å². The van der Waals surface area contributed by atoms with Gasteiger partial charge in [0.1, 0.15) is 0 Å². The fourth-order valence-electron chi connectivity index (χ4n) is 4.28. The number of aromatic nitrogens is 7. The highest BCUT2D eigenvalue weighted by Gasteiger charge is 2.29. The zero-order valence-electron chi connectivity index (χ0n) is 17.6. The monoisotopic (exact) mass is 454 g/mol. The summed E-state index contributed by atoms with van der Waals surface area (Å²) >= 11 is 6.09. The highest BCUT2D eigenvalue weighted by molar-refractivity contribution is 6.31. The van der Waals surface area contributed by atoms with Crippen LogP contribution in [0.15, 0.2) is 30.6 Å². The Morgan fingerprint density at radius 1 is 1.25 bits per heavy atom. The number of hydrogen-bond acceptors (Lipinski definition) is 6. The number of H-pyrrole nitrogens is 1. The molecule has 0 saturated carbocycles. The molecule has 0 aliphatic carbocycles. The number of aromatic amines is 1. The molecule has 1 amide bonds. The summed E-state index contributed by atoms with van der Waals surface area (Å²) in [7, 11) is 0. The minimum atomic E-state index is 0.0475. The first-order valence-corrected chi connectivity index (χ1v) is 10.9. The molecule has 1 aromatic carbocycles. The van der Waals surface area contributed by atoms with E-state index < -0.39 is 0 Å². The summed E-state index contributed by atoms with van der Waals surface area (Å²) in [5, 5.41) is 24.8. The minimum Gasteiger partial charge on any atom is -0.493 e. The van der Waals surface area contributed by atoms with Crippen molar-refractivity contribution in [1.29, 1.82) is 0 Å². The highest BCUT2D eigenvalue weighted by Crippen LogP contribution is 2.35. The normalized spacial score (nSPS) is 15.0. The van der Waals surface area contributed by atoms with Gasteiger partial charge in [0.25, 0.3) is 0 Å². The van der Waals surface area contributed by atoms with Crippen molar-refractivity contribution in [2.75, 3.05) is 13.1 Å². The lowest BCUT2D eigenvalue weighted by Crippen LogP contribution is -2.36. The van der Waals surface area contributed by atoms with E-state index in [1.165, 1.54) is 4.68 Å². The van der Waals surface area contributed by atoms with E-state index >= 15 is 0 Å². The minimum absolute atomic E-state index is 0.0475. The van der Waals surface area contributed by atoms with Crippen LogP contribution in [0.25, 0.3) is 17.0 Å². The van der Waals surface area contributed by atoms with Crippen molar-refractivity contribution < 1.29 is 9.90 Å². The van der Waals surface area contributed by atoms with Crippen LogP contribution in [0.5, 0.6) is 5.88 Å². The summed E-state index contributed by atoms with van der Waals surface area (Å²) in [6, 6.07) is 5.39. The van der Waals surface area contributed by atoms with Crippen molar-refractivity contribution in [1.82, 2.24) is 39.6 Å². The fraction of sp³-hybridized carbons (Fsp3) is 0.381. The van der Waals surface area contributed by atoms with E-state index in [-0.39, 0.29) is 17.7 Å². The molecule has 1 fully saturated rings. The van der Waals surface area contributed by atoms with Gasteiger partial charge in [0.15, 0.2) is 0 Å². The number of aromatic hydroxyl groups is 1. The van der Waals surface area contributed by atoms with Gasteiger partial charge >= 0.3 is 0 Å². The summed E-state index contributed by atoms with van der Waals surface area (Å²) < 4.78 is 1.45. The summed E-state index contributed by atoms with van der Waals surface area (Å²) in [5.74, 6) is 0.692. The van der Waals surface area contributed by atoms with Gasteiger partial charge in [0.05, 0.1) is 35.7 Å².